The van der Waals surface area contributed by atoms with Crippen LogP contribution in [0.15, 0.2) is 67.1 Å². The van der Waals surface area contributed by atoms with Crippen molar-refractivity contribution < 1.29 is 0 Å². The van der Waals surface area contributed by atoms with Crippen LogP contribution < -0.4 is 10.2 Å². The van der Waals surface area contributed by atoms with Gasteiger partial charge in [-0.2, -0.15) is 0 Å². The van der Waals surface area contributed by atoms with Crippen LogP contribution in [0.5, 0.6) is 0 Å². The van der Waals surface area contributed by atoms with Gasteiger partial charge in [0.15, 0.2) is 11.5 Å². The summed E-state index contributed by atoms with van der Waals surface area (Å²) in [5.74, 6) is 0.700. The number of aromatic nitrogens is 3. The first-order valence-corrected chi connectivity index (χ1v) is 8.62. The minimum Gasteiger partial charge on any atom is -0.378 e. The average Bonchev–Trinajstić information content (AvgIpc) is 3.14. The van der Waals surface area contributed by atoms with E-state index in [0.29, 0.717) is 10.8 Å². The molecule has 26 heavy (non-hydrogen) atoms. The van der Waals surface area contributed by atoms with Gasteiger partial charge in [0.1, 0.15) is 0 Å². The van der Waals surface area contributed by atoms with Crippen LogP contribution in [0.1, 0.15) is 0 Å². The molecule has 0 aliphatic heterocycles. The van der Waals surface area contributed by atoms with E-state index in [1.807, 2.05) is 55.2 Å². The first-order chi connectivity index (χ1) is 12.6. The molecule has 0 bridgehead atoms. The summed E-state index contributed by atoms with van der Waals surface area (Å²) < 4.78 is 2.04. The molecule has 130 valence electrons. The number of hydrogen-bond donors (Lipinski definition) is 1. The number of halogens is 1. The second-order valence-corrected chi connectivity index (χ2v) is 6.62. The third-order valence-corrected chi connectivity index (χ3v) is 4.47. The zero-order valence-corrected chi connectivity index (χ0v) is 15.3. The second kappa shape index (κ2) is 6.69. The Morgan fingerprint density at radius 2 is 1.69 bits per heavy atom. The number of imidazole rings is 1. The molecule has 0 aliphatic carbocycles. The van der Waals surface area contributed by atoms with Crippen LogP contribution in [0.25, 0.3) is 16.9 Å². The highest BCUT2D eigenvalue weighted by Crippen LogP contribution is 2.27. The zero-order valence-electron chi connectivity index (χ0n) is 14.5. The Kier molecular flexibility index (Phi) is 4.22. The molecule has 0 aliphatic rings. The Balaban J connectivity index is 1.72. The number of fused-ring (bicyclic) bond motifs is 1. The summed E-state index contributed by atoms with van der Waals surface area (Å²) in [7, 11) is 4.06. The topological polar surface area (TPSA) is 45.5 Å². The van der Waals surface area contributed by atoms with Crippen LogP contribution in [0.3, 0.4) is 0 Å². The van der Waals surface area contributed by atoms with Gasteiger partial charge < -0.3 is 10.2 Å². The van der Waals surface area contributed by atoms with Crippen molar-refractivity contribution in [3.8, 4) is 11.3 Å². The Labute approximate surface area is 156 Å². The molecule has 4 rings (SSSR count). The van der Waals surface area contributed by atoms with Gasteiger partial charge in [-0.05, 0) is 36.4 Å². The van der Waals surface area contributed by atoms with Gasteiger partial charge in [0, 0.05) is 48.4 Å². The first-order valence-electron chi connectivity index (χ1n) is 8.24. The van der Waals surface area contributed by atoms with E-state index in [1.54, 1.807) is 6.20 Å². The van der Waals surface area contributed by atoms with E-state index in [4.69, 9.17) is 11.6 Å². The molecule has 1 N–H and O–H groups in total. The maximum Gasteiger partial charge on any atom is 0.180 e. The standard InChI is InChI=1S/C20H18ClN5/c1-25(2)17-9-3-14(4-10-17)18-13-23-19(20-22-11-12-26(18)20)24-16-7-5-15(21)6-8-16/h3-13H,1-2H3,(H,23,24). The van der Waals surface area contributed by atoms with E-state index >= 15 is 0 Å². The summed E-state index contributed by atoms with van der Waals surface area (Å²) >= 11 is 5.95. The van der Waals surface area contributed by atoms with Crippen LogP contribution in [0, 0.1) is 0 Å². The third-order valence-electron chi connectivity index (χ3n) is 4.21. The lowest BCUT2D eigenvalue weighted by Gasteiger charge is -2.14. The normalized spacial score (nSPS) is 10.9. The first kappa shape index (κ1) is 16.4. The van der Waals surface area contributed by atoms with E-state index in [-0.39, 0.29) is 0 Å². The summed E-state index contributed by atoms with van der Waals surface area (Å²) in [6.07, 6.45) is 5.58. The van der Waals surface area contributed by atoms with Gasteiger partial charge in [-0.1, -0.05) is 23.7 Å². The molecule has 0 fully saturated rings. The number of benzene rings is 2. The highest BCUT2D eigenvalue weighted by Gasteiger charge is 2.10. The van der Waals surface area contributed by atoms with Gasteiger partial charge in [0.2, 0.25) is 0 Å². The molecule has 0 radical (unpaired) electrons. The van der Waals surface area contributed by atoms with Crippen LogP contribution in [0.4, 0.5) is 17.2 Å². The summed E-state index contributed by atoms with van der Waals surface area (Å²) in [5.41, 5.74) is 4.92. The maximum absolute atomic E-state index is 5.95. The van der Waals surface area contributed by atoms with E-state index < -0.39 is 0 Å². The second-order valence-electron chi connectivity index (χ2n) is 6.19. The van der Waals surface area contributed by atoms with Crippen molar-refractivity contribution in [1.29, 1.82) is 0 Å². The van der Waals surface area contributed by atoms with Crippen molar-refractivity contribution in [2.75, 3.05) is 24.3 Å². The molecule has 0 unspecified atom stereocenters. The maximum atomic E-state index is 5.95. The fourth-order valence-electron chi connectivity index (χ4n) is 2.82. The minimum absolute atomic E-state index is 0.700. The highest BCUT2D eigenvalue weighted by atomic mass is 35.5. The Morgan fingerprint density at radius 3 is 2.38 bits per heavy atom. The molecule has 2 aromatic carbocycles. The fraction of sp³-hybridized carbons (Fsp3) is 0.100. The van der Waals surface area contributed by atoms with Crippen molar-refractivity contribution in [3.05, 3.63) is 72.1 Å². The van der Waals surface area contributed by atoms with E-state index in [9.17, 15) is 0 Å². The van der Waals surface area contributed by atoms with Gasteiger partial charge >= 0.3 is 0 Å². The SMILES string of the molecule is CN(C)c1ccc(-c2cnc(Nc3ccc(Cl)cc3)c3nccn23)cc1. The van der Waals surface area contributed by atoms with Crippen molar-refractivity contribution >= 4 is 34.4 Å². The lowest BCUT2D eigenvalue weighted by molar-refractivity contribution is 1.12. The highest BCUT2D eigenvalue weighted by molar-refractivity contribution is 6.30. The molecule has 4 aromatic rings. The monoisotopic (exact) mass is 363 g/mol. The van der Waals surface area contributed by atoms with Crippen molar-refractivity contribution in [3.63, 3.8) is 0 Å². The number of nitrogens with zero attached hydrogens (tertiary/aromatic N) is 4. The van der Waals surface area contributed by atoms with Crippen LogP contribution in [-0.4, -0.2) is 28.5 Å². The molecule has 2 heterocycles. The van der Waals surface area contributed by atoms with Crippen molar-refractivity contribution in [2.24, 2.45) is 0 Å². The molecular weight excluding hydrogens is 346 g/mol. The van der Waals surface area contributed by atoms with Crippen molar-refractivity contribution in [2.45, 2.75) is 0 Å². The summed E-state index contributed by atoms with van der Waals surface area (Å²) in [4.78, 5) is 11.1. The molecule has 0 atom stereocenters. The average molecular weight is 364 g/mol. The van der Waals surface area contributed by atoms with E-state index in [2.05, 4.69) is 44.5 Å². The molecule has 6 heteroatoms. The predicted molar refractivity (Wildman–Crippen MR) is 107 cm³/mol. The Bertz CT molecular complexity index is 1040. The Hall–Kier alpha value is -3.05. The summed E-state index contributed by atoms with van der Waals surface area (Å²) in [6.45, 7) is 0. The van der Waals surface area contributed by atoms with Gasteiger partial charge in [0.25, 0.3) is 0 Å². The molecule has 5 nitrogen and oxygen atoms in total. The number of anilines is 3. The largest absolute Gasteiger partial charge is 0.378 e. The van der Waals surface area contributed by atoms with Crippen LogP contribution in [0.2, 0.25) is 5.02 Å². The van der Waals surface area contributed by atoms with E-state index in [0.717, 1.165) is 28.3 Å². The quantitative estimate of drug-likeness (QED) is 0.562. The minimum atomic E-state index is 0.700. The van der Waals surface area contributed by atoms with Crippen molar-refractivity contribution in [1.82, 2.24) is 14.4 Å². The summed E-state index contributed by atoms with van der Waals surface area (Å²) in [6, 6.07) is 15.9. The summed E-state index contributed by atoms with van der Waals surface area (Å²) in [5, 5.41) is 4.00. The Morgan fingerprint density at radius 1 is 0.962 bits per heavy atom. The molecule has 0 spiro atoms. The van der Waals surface area contributed by atoms with Gasteiger partial charge in [-0.25, -0.2) is 9.97 Å². The predicted octanol–water partition coefficient (Wildman–Crippen LogP) is 4.86. The van der Waals surface area contributed by atoms with E-state index in [1.165, 1.54) is 0 Å². The van der Waals surface area contributed by atoms with Gasteiger partial charge in [0.05, 0.1) is 11.9 Å². The lowest BCUT2D eigenvalue weighted by atomic mass is 10.1. The molecule has 0 amide bonds. The number of rotatable bonds is 4. The zero-order chi connectivity index (χ0) is 18.1. The fourth-order valence-corrected chi connectivity index (χ4v) is 2.95. The molecular formula is C20H18ClN5. The molecule has 0 saturated carbocycles. The smallest absolute Gasteiger partial charge is 0.180 e. The molecule has 0 saturated heterocycles. The number of hydrogen-bond acceptors (Lipinski definition) is 4. The van der Waals surface area contributed by atoms with Crippen LogP contribution in [-0.2, 0) is 0 Å². The van der Waals surface area contributed by atoms with Gasteiger partial charge in [-0.15, -0.1) is 0 Å². The van der Waals surface area contributed by atoms with Gasteiger partial charge in [-0.3, -0.25) is 4.40 Å². The molecule has 2 aromatic heterocycles. The lowest BCUT2D eigenvalue weighted by Crippen LogP contribution is -2.08. The number of nitrogens with one attached hydrogen (secondary N) is 1. The van der Waals surface area contributed by atoms with Crippen LogP contribution >= 0.6 is 11.6 Å². The third kappa shape index (κ3) is 3.09.